The van der Waals surface area contributed by atoms with Gasteiger partial charge in [0.1, 0.15) is 17.2 Å². The topological polar surface area (TPSA) is 30.7 Å². The highest BCUT2D eigenvalue weighted by molar-refractivity contribution is 6.31. The van der Waals surface area contributed by atoms with Crippen LogP contribution in [0.3, 0.4) is 0 Å². The van der Waals surface area contributed by atoms with Gasteiger partial charge in [0.25, 0.3) is 0 Å². The Morgan fingerprint density at radius 1 is 1.30 bits per heavy atom. The smallest absolute Gasteiger partial charge is 0.164 e. The van der Waals surface area contributed by atoms with Gasteiger partial charge in [-0.25, -0.2) is 14.4 Å². The average Bonchev–Trinajstić information content (AvgIpc) is 2.76. The van der Waals surface area contributed by atoms with Gasteiger partial charge in [0.05, 0.1) is 16.6 Å². The van der Waals surface area contributed by atoms with Gasteiger partial charge in [-0.3, -0.25) is 4.57 Å². The quantitative estimate of drug-likeness (QED) is 0.662. The van der Waals surface area contributed by atoms with Gasteiger partial charge < -0.3 is 0 Å². The number of hydrogen-bond acceptors (Lipinski definition) is 2. The molecule has 0 saturated heterocycles. The molecule has 0 radical (unpaired) electrons. The number of nitrogens with zero attached hydrogens (tertiary/aromatic N) is 3. The zero-order valence-electron chi connectivity index (χ0n) is 10.6. The zero-order chi connectivity index (χ0) is 14.3. The van der Waals surface area contributed by atoms with Crippen LogP contribution in [0.2, 0.25) is 5.02 Å². The molecule has 3 nitrogen and oxygen atoms in total. The second kappa shape index (κ2) is 5.04. The Kier molecular flexibility index (Phi) is 3.36. The van der Waals surface area contributed by atoms with Gasteiger partial charge in [0.2, 0.25) is 0 Å². The SMILES string of the molecule is Cc1ccc(-n2c(CCl)nc3cc(Cl)cnc32)c(F)c1. The first kappa shape index (κ1) is 13.3. The predicted molar refractivity (Wildman–Crippen MR) is 78.1 cm³/mol. The number of hydrogen-bond donors (Lipinski definition) is 0. The van der Waals surface area contributed by atoms with Crippen LogP contribution >= 0.6 is 23.2 Å². The molecule has 2 heterocycles. The fraction of sp³-hybridized carbons (Fsp3) is 0.143. The highest BCUT2D eigenvalue weighted by Gasteiger charge is 2.16. The van der Waals surface area contributed by atoms with Gasteiger partial charge in [-0.15, -0.1) is 11.6 Å². The Morgan fingerprint density at radius 3 is 2.80 bits per heavy atom. The van der Waals surface area contributed by atoms with Crippen LogP contribution < -0.4 is 0 Å². The standard InChI is InChI=1S/C14H10Cl2FN3/c1-8-2-3-12(10(17)4-8)20-13(6-15)19-11-5-9(16)7-18-14(11)20/h2-5,7H,6H2,1H3. The molecule has 0 unspecified atom stereocenters. The molecule has 0 aliphatic rings. The number of halogens is 3. The van der Waals surface area contributed by atoms with Gasteiger partial charge in [-0.2, -0.15) is 0 Å². The molecule has 0 aliphatic heterocycles. The molecule has 0 aliphatic carbocycles. The van der Waals surface area contributed by atoms with E-state index in [0.717, 1.165) is 5.56 Å². The molecule has 2 aromatic heterocycles. The van der Waals surface area contributed by atoms with E-state index in [-0.39, 0.29) is 11.7 Å². The third kappa shape index (κ3) is 2.15. The van der Waals surface area contributed by atoms with Gasteiger partial charge >= 0.3 is 0 Å². The molecule has 20 heavy (non-hydrogen) atoms. The second-order valence-electron chi connectivity index (χ2n) is 4.45. The largest absolute Gasteiger partial charge is 0.277 e. The van der Waals surface area contributed by atoms with Crippen LogP contribution in [0.25, 0.3) is 16.9 Å². The number of pyridine rings is 1. The molecule has 102 valence electrons. The van der Waals surface area contributed by atoms with Crippen molar-refractivity contribution < 1.29 is 4.39 Å². The van der Waals surface area contributed by atoms with Crippen LogP contribution in [0.5, 0.6) is 0 Å². The Labute approximate surface area is 125 Å². The summed E-state index contributed by atoms with van der Waals surface area (Å²) in [6.45, 7) is 1.83. The molecule has 3 rings (SSSR count). The molecule has 1 aromatic carbocycles. The monoisotopic (exact) mass is 309 g/mol. The molecule has 0 amide bonds. The van der Waals surface area contributed by atoms with E-state index in [4.69, 9.17) is 23.2 Å². The number of rotatable bonds is 2. The molecule has 0 bridgehead atoms. The van der Waals surface area contributed by atoms with E-state index in [9.17, 15) is 4.39 Å². The minimum atomic E-state index is -0.340. The third-order valence-corrected chi connectivity index (χ3v) is 3.44. The lowest BCUT2D eigenvalue weighted by molar-refractivity contribution is 0.616. The molecule has 0 spiro atoms. The summed E-state index contributed by atoms with van der Waals surface area (Å²) in [7, 11) is 0. The summed E-state index contributed by atoms with van der Waals surface area (Å²) >= 11 is 11.8. The first-order valence-corrected chi connectivity index (χ1v) is 6.87. The minimum absolute atomic E-state index is 0.154. The van der Waals surface area contributed by atoms with E-state index in [1.54, 1.807) is 16.7 Å². The van der Waals surface area contributed by atoms with E-state index in [1.165, 1.54) is 12.3 Å². The molecule has 0 saturated carbocycles. The van der Waals surface area contributed by atoms with Gasteiger partial charge in [0.15, 0.2) is 5.65 Å². The summed E-state index contributed by atoms with van der Waals surface area (Å²) in [5, 5.41) is 0.479. The molecule has 0 atom stereocenters. The molecular weight excluding hydrogens is 300 g/mol. The third-order valence-electron chi connectivity index (χ3n) is 3.00. The van der Waals surface area contributed by atoms with Crippen molar-refractivity contribution >= 4 is 34.4 Å². The highest BCUT2D eigenvalue weighted by Crippen LogP contribution is 2.25. The summed E-state index contributed by atoms with van der Waals surface area (Å²) in [6.07, 6.45) is 1.51. The molecule has 3 aromatic rings. The van der Waals surface area contributed by atoms with Gasteiger partial charge in [0, 0.05) is 6.20 Å². The molecule has 0 fully saturated rings. The van der Waals surface area contributed by atoms with Crippen molar-refractivity contribution in [2.75, 3.05) is 0 Å². The lowest BCUT2D eigenvalue weighted by Gasteiger charge is -2.09. The Balaban J connectivity index is 2.34. The van der Waals surface area contributed by atoms with Crippen LogP contribution in [0, 0.1) is 12.7 Å². The maximum atomic E-state index is 14.2. The van der Waals surface area contributed by atoms with Crippen molar-refractivity contribution in [3.63, 3.8) is 0 Å². The predicted octanol–water partition coefficient (Wildman–Crippen LogP) is 4.26. The Morgan fingerprint density at radius 2 is 2.10 bits per heavy atom. The van der Waals surface area contributed by atoms with Crippen LogP contribution in [-0.4, -0.2) is 14.5 Å². The van der Waals surface area contributed by atoms with Crippen LogP contribution in [0.4, 0.5) is 4.39 Å². The van der Waals surface area contributed by atoms with E-state index in [1.807, 2.05) is 13.0 Å². The molecule has 0 N–H and O–H groups in total. The van der Waals surface area contributed by atoms with Crippen LogP contribution in [-0.2, 0) is 5.88 Å². The van der Waals surface area contributed by atoms with E-state index in [2.05, 4.69) is 9.97 Å². The van der Waals surface area contributed by atoms with Crippen LogP contribution in [0.1, 0.15) is 11.4 Å². The normalized spacial score (nSPS) is 11.2. The van der Waals surface area contributed by atoms with E-state index < -0.39 is 0 Å². The number of benzene rings is 1. The summed E-state index contributed by atoms with van der Waals surface area (Å²) in [4.78, 5) is 8.58. The first-order chi connectivity index (χ1) is 9.60. The molecular formula is C14H10Cl2FN3. The Bertz CT molecular complexity index is 798. The average molecular weight is 310 g/mol. The fourth-order valence-electron chi connectivity index (χ4n) is 2.12. The summed E-state index contributed by atoms with van der Waals surface area (Å²) < 4.78 is 15.8. The Hall–Kier alpha value is -1.65. The van der Waals surface area contributed by atoms with Crippen molar-refractivity contribution in [1.82, 2.24) is 14.5 Å². The number of fused-ring (bicyclic) bond motifs is 1. The lowest BCUT2D eigenvalue weighted by atomic mass is 10.2. The maximum absolute atomic E-state index is 14.2. The zero-order valence-corrected chi connectivity index (χ0v) is 12.1. The van der Waals surface area contributed by atoms with Gasteiger partial charge in [-0.1, -0.05) is 17.7 Å². The highest BCUT2D eigenvalue weighted by atomic mass is 35.5. The number of imidazole rings is 1. The lowest BCUT2D eigenvalue weighted by Crippen LogP contribution is -2.03. The van der Waals surface area contributed by atoms with Crippen LogP contribution in [0.15, 0.2) is 30.5 Å². The maximum Gasteiger partial charge on any atom is 0.164 e. The number of alkyl halides is 1. The van der Waals surface area contributed by atoms with Crippen molar-refractivity contribution in [3.05, 3.63) is 52.7 Å². The second-order valence-corrected chi connectivity index (χ2v) is 5.15. The number of aryl methyl sites for hydroxylation is 1. The van der Waals surface area contributed by atoms with Crippen molar-refractivity contribution in [2.24, 2.45) is 0 Å². The first-order valence-electron chi connectivity index (χ1n) is 5.95. The molecule has 6 heteroatoms. The summed E-state index contributed by atoms with van der Waals surface area (Å²) in [5.74, 6) is 0.341. The summed E-state index contributed by atoms with van der Waals surface area (Å²) in [5.41, 5.74) is 2.35. The number of aromatic nitrogens is 3. The van der Waals surface area contributed by atoms with Gasteiger partial charge in [-0.05, 0) is 30.7 Å². The fourth-order valence-corrected chi connectivity index (χ4v) is 2.45. The van der Waals surface area contributed by atoms with Crippen molar-refractivity contribution in [3.8, 4) is 5.69 Å². The van der Waals surface area contributed by atoms with E-state index >= 15 is 0 Å². The van der Waals surface area contributed by atoms with Crippen molar-refractivity contribution in [2.45, 2.75) is 12.8 Å². The minimum Gasteiger partial charge on any atom is -0.277 e. The van der Waals surface area contributed by atoms with Crippen molar-refractivity contribution in [1.29, 1.82) is 0 Å². The van der Waals surface area contributed by atoms with E-state index in [0.29, 0.717) is 27.7 Å². The summed E-state index contributed by atoms with van der Waals surface area (Å²) in [6, 6.07) is 6.67.